The van der Waals surface area contributed by atoms with Crippen LogP contribution in [0.2, 0.25) is 0 Å². The molecular weight excluding hydrogens is 459 g/mol. The van der Waals surface area contributed by atoms with E-state index in [9.17, 15) is 22.8 Å². The maximum absolute atomic E-state index is 12.9. The second-order valence-corrected chi connectivity index (χ2v) is 7.62. The zero-order valence-corrected chi connectivity index (χ0v) is 18.4. The molecule has 0 aliphatic heterocycles. The van der Waals surface area contributed by atoms with E-state index in [1.807, 2.05) is 6.07 Å². The van der Waals surface area contributed by atoms with Crippen LogP contribution in [0.25, 0.3) is 10.8 Å². The van der Waals surface area contributed by atoms with Crippen molar-refractivity contribution in [3.05, 3.63) is 90.5 Å². The number of nitrogens with one attached hydrogen (secondary N) is 3. The van der Waals surface area contributed by atoms with Crippen LogP contribution in [-0.4, -0.2) is 11.9 Å². The molecule has 0 aliphatic rings. The fraction of sp³-hybridized carbons (Fsp3) is 0.0769. The monoisotopic (exact) mass is 479 g/mol. The van der Waals surface area contributed by atoms with Gasteiger partial charge in [0.2, 0.25) is 5.91 Å². The summed E-state index contributed by atoms with van der Waals surface area (Å²) >= 11 is 0. The van der Waals surface area contributed by atoms with E-state index >= 15 is 0 Å². The van der Waals surface area contributed by atoms with Crippen LogP contribution in [0, 0.1) is 0 Å². The highest BCUT2D eigenvalue weighted by Crippen LogP contribution is 2.34. The molecule has 0 aliphatic carbocycles. The molecule has 0 radical (unpaired) electrons. The number of carbonyl (C=O) groups excluding carboxylic acids is 2. The van der Waals surface area contributed by atoms with Gasteiger partial charge in [0.25, 0.3) is 0 Å². The number of hydrogen-bond donors (Lipinski definition) is 3. The van der Waals surface area contributed by atoms with E-state index in [0.29, 0.717) is 28.3 Å². The molecule has 0 bridgehead atoms. The highest BCUT2D eigenvalue weighted by atomic mass is 19.4. The van der Waals surface area contributed by atoms with Gasteiger partial charge in [0, 0.05) is 29.1 Å². The Bertz CT molecular complexity index is 1390. The summed E-state index contributed by atoms with van der Waals surface area (Å²) in [5, 5.41) is 9.19. The van der Waals surface area contributed by atoms with Crippen LogP contribution in [0.4, 0.5) is 35.0 Å². The molecule has 0 spiro atoms. The molecule has 4 aromatic carbocycles. The number of anilines is 3. The smallest absolute Gasteiger partial charge is 0.416 e. The lowest BCUT2D eigenvalue weighted by Crippen LogP contribution is -2.20. The zero-order chi connectivity index (χ0) is 25.0. The first-order valence-corrected chi connectivity index (χ1v) is 10.5. The standard InChI is InChI=1S/C26H20F3N3O3/c1-16(33)30-18-11-13-20(14-12-18)35-24-10-4-7-21-22(24)8-3-9-23(21)32-25(34)31-19-6-2-5-17(15-19)26(27,28)29/h2-15H,1H3,(H,30,33)(H2,31,32,34). The fourth-order valence-electron chi connectivity index (χ4n) is 3.47. The summed E-state index contributed by atoms with van der Waals surface area (Å²) in [7, 11) is 0. The molecule has 0 fully saturated rings. The molecule has 0 heterocycles. The van der Waals surface area contributed by atoms with Crippen molar-refractivity contribution < 1.29 is 27.5 Å². The van der Waals surface area contributed by atoms with Gasteiger partial charge in [-0.1, -0.05) is 30.3 Å². The molecule has 0 aromatic heterocycles. The van der Waals surface area contributed by atoms with Gasteiger partial charge in [-0.3, -0.25) is 4.79 Å². The average Bonchev–Trinajstić information content (AvgIpc) is 2.80. The third-order valence-corrected chi connectivity index (χ3v) is 4.98. The van der Waals surface area contributed by atoms with Crippen molar-refractivity contribution in [1.29, 1.82) is 0 Å². The van der Waals surface area contributed by atoms with Crippen molar-refractivity contribution in [2.45, 2.75) is 13.1 Å². The Kier molecular flexibility index (Phi) is 6.59. The van der Waals surface area contributed by atoms with Crippen molar-refractivity contribution in [3.63, 3.8) is 0 Å². The largest absolute Gasteiger partial charge is 0.457 e. The Morgan fingerprint density at radius 2 is 1.43 bits per heavy atom. The van der Waals surface area contributed by atoms with E-state index in [1.165, 1.54) is 19.1 Å². The Morgan fingerprint density at radius 3 is 2.14 bits per heavy atom. The number of amides is 3. The van der Waals surface area contributed by atoms with Gasteiger partial charge in [0.1, 0.15) is 11.5 Å². The number of halogens is 3. The minimum Gasteiger partial charge on any atom is -0.457 e. The minimum absolute atomic E-state index is 0.0179. The summed E-state index contributed by atoms with van der Waals surface area (Å²) in [4.78, 5) is 23.7. The summed E-state index contributed by atoms with van der Waals surface area (Å²) in [5.74, 6) is 0.911. The van der Waals surface area contributed by atoms with E-state index in [4.69, 9.17) is 4.74 Å². The predicted molar refractivity (Wildman–Crippen MR) is 129 cm³/mol. The van der Waals surface area contributed by atoms with Crippen LogP contribution in [0.15, 0.2) is 84.9 Å². The SMILES string of the molecule is CC(=O)Nc1ccc(Oc2cccc3c(NC(=O)Nc4cccc(C(F)(F)F)c4)cccc23)cc1. The number of hydrogen-bond acceptors (Lipinski definition) is 3. The van der Waals surface area contributed by atoms with E-state index in [0.717, 1.165) is 17.5 Å². The lowest BCUT2D eigenvalue weighted by molar-refractivity contribution is -0.137. The van der Waals surface area contributed by atoms with Crippen LogP contribution in [-0.2, 0) is 11.0 Å². The molecule has 35 heavy (non-hydrogen) atoms. The van der Waals surface area contributed by atoms with Gasteiger partial charge in [0.05, 0.1) is 11.3 Å². The fourth-order valence-corrected chi connectivity index (χ4v) is 3.47. The normalized spacial score (nSPS) is 11.1. The van der Waals surface area contributed by atoms with Crippen molar-refractivity contribution in [2.75, 3.05) is 16.0 Å². The Labute approximate surface area is 198 Å². The molecule has 0 unspecified atom stereocenters. The Balaban J connectivity index is 1.53. The first-order valence-electron chi connectivity index (χ1n) is 10.5. The van der Waals surface area contributed by atoms with Crippen molar-refractivity contribution >= 4 is 39.8 Å². The number of alkyl halides is 3. The number of rotatable bonds is 5. The first-order chi connectivity index (χ1) is 16.7. The Morgan fingerprint density at radius 1 is 0.743 bits per heavy atom. The average molecular weight is 479 g/mol. The maximum Gasteiger partial charge on any atom is 0.416 e. The van der Waals surface area contributed by atoms with E-state index in [-0.39, 0.29) is 11.6 Å². The van der Waals surface area contributed by atoms with Gasteiger partial charge in [-0.15, -0.1) is 0 Å². The lowest BCUT2D eigenvalue weighted by Gasteiger charge is -2.14. The van der Waals surface area contributed by atoms with Gasteiger partial charge in [-0.05, 0) is 54.6 Å². The van der Waals surface area contributed by atoms with Crippen LogP contribution in [0.1, 0.15) is 12.5 Å². The van der Waals surface area contributed by atoms with Gasteiger partial charge < -0.3 is 20.7 Å². The molecule has 3 amide bonds. The van der Waals surface area contributed by atoms with E-state index in [2.05, 4.69) is 16.0 Å². The van der Waals surface area contributed by atoms with Crippen LogP contribution in [0.5, 0.6) is 11.5 Å². The molecule has 3 N–H and O–H groups in total. The summed E-state index contributed by atoms with van der Waals surface area (Å²) in [6.07, 6.45) is -4.51. The van der Waals surface area contributed by atoms with Crippen LogP contribution in [0.3, 0.4) is 0 Å². The third-order valence-electron chi connectivity index (χ3n) is 4.98. The van der Waals surface area contributed by atoms with E-state index < -0.39 is 17.8 Å². The number of carbonyl (C=O) groups is 2. The molecule has 0 saturated carbocycles. The molecule has 6 nitrogen and oxygen atoms in total. The van der Waals surface area contributed by atoms with Crippen molar-refractivity contribution in [3.8, 4) is 11.5 Å². The van der Waals surface area contributed by atoms with Crippen LogP contribution < -0.4 is 20.7 Å². The maximum atomic E-state index is 12.9. The van der Waals surface area contributed by atoms with Crippen LogP contribution >= 0.6 is 0 Å². The molecule has 9 heteroatoms. The van der Waals surface area contributed by atoms with Gasteiger partial charge in [-0.2, -0.15) is 13.2 Å². The topological polar surface area (TPSA) is 79.5 Å². The van der Waals surface area contributed by atoms with Crippen molar-refractivity contribution in [2.24, 2.45) is 0 Å². The van der Waals surface area contributed by atoms with Gasteiger partial charge in [-0.25, -0.2) is 4.79 Å². The molecular formula is C26H20F3N3O3. The quantitative estimate of drug-likeness (QED) is 0.282. The summed E-state index contributed by atoms with van der Waals surface area (Å²) in [6.45, 7) is 1.42. The van der Waals surface area contributed by atoms with Gasteiger partial charge >= 0.3 is 12.2 Å². The molecule has 0 atom stereocenters. The predicted octanol–water partition coefficient (Wildman–Crippen LogP) is 7.25. The molecule has 178 valence electrons. The summed E-state index contributed by atoms with van der Waals surface area (Å²) < 4.78 is 44.8. The number of benzene rings is 4. The Hall–Kier alpha value is -4.53. The minimum atomic E-state index is -4.51. The summed E-state index contributed by atoms with van der Waals surface area (Å²) in [5.41, 5.74) is 0.260. The number of urea groups is 1. The number of ether oxygens (including phenoxy) is 1. The highest BCUT2D eigenvalue weighted by molar-refractivity contribution is 6.07. The van der Waals surface area contributed by atoms with Gasteiger partial charge in [0.15, 0.2) is 0 Å². The molecule has 0 saturated heterocycles. The lowest BCUT2D eigenvalue weighted by atomic mass is 10.1. The second-order valence-electron chi connectivity index (χ2n) is 7.62. The molecule has 4 aromatic rings. The van der Waals surface area contributed by atoms with E-state index in [1.54, 1.807) is 54.6 Å². The third kappa shape index (κ3) is 5.89. The number of fused-ring (bicyclic) bond motifs is 1. The second kappa shape index (κ2) is 9.76. The molecule has 4 rings (SSSR count). The zero-order valence-electron chi connectivity index (χ0n) is 18.4. The summed E-state index contributed by atoms with van der Waals surface area (Å²) in [6, 6.07) is 21.2. The first kappa shape index (κ1) is 23.6. The highest BCUT2D eigenvalue weighted by Gasteiger charge is 2.30. The van der Waals surface area contributed by atoms with Crippen molar-refractivity contribution in [1.82, 2.24) is 0 Å².